The Morgan fingerprint density at radius 2 is 1.85 bits per heavy atom. The van der Waals surface area contributed by atoms with E-state index in [4.69, 9.17) is 9.47 Å². The van der Waals surface area contributed by atoms with Gasteiger partial charge >= 0.3 is 0 Å². The molecular weight excluding hydrogens is 278 g/mol. The van der Waals surface area contributed by atoms with Crippen molar-refractivity contribution in [3.8, 4) is 0 Å². The summed E-state index contributed by atoms with van der Waals surface area (Å²) in [6.07, 6.45) is 1.15. The number of nitrogens with one attached hydrogen (secondary N) is 1. The molecule has 0 radical (unpaired) electrons. The Balaban J connectivity index is 1.77. The standard InChI is InChI=1S/C14H21NO4S/c1-12-3-5-13(6-4-12)11-20(16,17)15-8-7-14-18-9-2-10-19-14/h3-6,14-15H,2,7-11H2,1H3. The summed E-state index contributed by atoms with van der Waals surface area (Å²) < 4.78 is 37.2. The molecule has 1 N–H and O–H groups in total. The van der Waals surface area contributed by atoms with Crippen LogP contribution in [0.5, 0.6) is 0 Å². The van der Waals surface area contributed by atoms with Crippen LogP contribution < -0.4 is 4.72 Å². The molecule has 0 aromatic heterocycles. The van der Waals surface area contributed by atoms with E-state index in [0.717, 1.165) is 17.5 Å². The summed E-state index contributed by atoms with van der Waals surface area (Å²) in [5.74, 6) is -0.000336. The van der Waals surface area contributed by atoms with Crippen LogP contribution in [0.4, 0.5) is 0 Å². The minimum atomic E-state index is -3.31. The van der Waals surface area contributed by atoms with Gasteiger partial charge in [-0.2, -0.15) is 0 Å². The molecule has 2 rings (SSSR count). The van der Waals surface area contributed by atoms with Crippen LogP contribution in [0.15, 0.2) is 24.3 Å². The molecule has 0 unspecified atom stereocenters. The van der Waals surface area contributed by atoms with Gasteiger partial charge in [0, 0.05) is 13.0 Å². The van der Waals surface area contributed by atoms with Crippen molar-refractivity contribution in [1.29, 1.82) is 0 Å². The molecule has 0 atom stereocenters. The lowest BCUT2D eigenvalue weighted by molar-refractivity contribution is -0.180. The molecule has 0 bridgehead atoms. The third-order valence-electron chi connectivity index (χ3n) is 3.08. The molecular formula is C14H21NO4S. The summed E-state index contributed by atoms with van der Waals surface area (Å²) in [6, 6.07) is 7.49. The normalized spacial score (nSPS) is 17.2. The average molecular weight is 299 g/mol. The third-order valence-corrected chi connectivity index (χ3v) is 4.43. The van der Waals surface area contributed by atoms with Gasteiger partial charge in [0.05, 0.1) is 19.0 Å². The molecule has 112 valence electrons. The number of sulfonamides is 1. The Bertz CT molecular complexity index is 506. The summed E-state index contributed by atoms with van der Waals surface area (Å²) in [6.45, 7) is 3.67. The van der Waals surface area contributed by atoms with Crippen molar-refractivity contribution in [2.45, 2.75) is 31.8 Å². The van der Waals surface area contributed by atoms with E-state index in [1.54, 1.807) is 0 Å². The zero-order valence-corrected chi connectivity index (χ0v) is 12.5. The van der Waals surface area contributed by atoms with Crippen LogP contribution in [0.1, 0.15) is 24.0 Å². The van der Waals surface area contributed by atoms with Gasteiger partial charge in [-0.05, 0) is 18.9 Å². The second-order valence-electron chi connectivity index (χ2n) is 4.95. The van der Waals surface area contributed by atoms with Crippen molar-refractivity contribution < 1.29 is 17.9 Å². The maximum Gasteiger partial charge on any atom is 0.215 e. The van der Waals surface area contributed by atoms with Gasteiger partial charge in [-0.15, -0.1) is 0 Å². The van der Waals surface area contributed by atoms with Crippen LogP contribution in [0.3, 0.4) is 0 Å². The van der Waals surface area contributed by atoms with E-state index < -0.39 is 10.0 Å². The number of benzene rings is 1. The molecule has 20 heavy (non-hydrogen) atoms. The van der Waals surface area contributed by atoms with Crippen molar-refractivity contribution in [2.75, 3.05) is 19.8 Å². The first kappa shape index (κ1) is 15.4. The number of aryl methyl sites for hydroxylation is 1. The van der Waals surface area contributed by atoms with Crippen LogP contribution >= 0.6 is 0 Å². The van der Waals surface area contributed by atoms with E-state index in [1.807, 2.05) is 31.2 Å². The summed E-state index contributed by atoms with van der Waals surface area (Å²) in [4.78, 5) is 0. The van der Waals surface area contributed by atoms with E-state index in [9.17, 15) is 8.42 Å². The molecule has 1 aromatic carbocycles. The van der Waals surface area contributed by atoms with Crippen LogP contribution in [0, 0.1) is 6.92 Å². The highest BCUT2D eigenvalue weighted by molar-refractivity contribution is 7.88. The monoisotopic (exact) mass is 299 g/mol. The molecule has 0 aliphatic carbocycles. The fraction of sp³-hybridized carbons (Fsp3) is 0.571. The minimum absolute atomic E-state index is 0.000336. The van der Waals surface area contributed by atoms with Crippen molar-refractivity contribution in [2.24, 2.45) is 0 Å². The second kappa shape index (κ2) is 7.17. The van der Waals surface area contributed by atoms with E-state index >= 15 is 0 Å². The summed E-state index contributed by atoms with van der Waals surface area (Å²) in [5, 5.41) is 0. The van der Waals surface area contributed by atoms with E-state index in [2.05, 4.69) is 4.72 Å². The molecule has 5 nitrogen and oxygen atoms in total. The Labute approximate surface area is 120 Å². The van der Waals surface area contributed by atoms with Gasteiger partial charge in [0.2, 0.25) is 10.0 Å². The predicted molar refractivity (Wildman–Crippen MR) is 76.7 cm³/mol. The van der Waals surface area contributed by atoms with Crippen molar-refractivity contribution in [1.82, 2.24) is 4.72 Å². The molecule has 1 heterocycles. The van der Waals surface area contributed by atoms with Crippen LogP contribution in [0.2, 0.25) is 0 Å². The first-order valence-corrected chi connectivity index (χ1v) is 8.46. The lowest BCUT2D eigenvalue weighted by atomic mass is 10.2. The Kier molecular flexibility index (Phi) is 5.54. The molecule has 1 aromatic rings. The average Bonchev–Trinajstić information content (AvgIpc) is 2.42. The smallest absolute Gasteiger partial charge is 0.215 e. The lowest BCUT2D eigenvalue weighted by Gasteiger charge is -2.23. The van der Waals surface area contributed by atoms with Gasteiger partial charge in [-0.1, -0.05) is 29.8 Å². The van der Waals surface area contributed by atoms with E-state index in [-0.39, 0.29) is 12.0 Å². The zero-order valence-electron chi connectivity index (χ0n) is 11.7. The van der Waals surface area contributed by atoms with Gasteiger partial charge in [0.1, 0.15) is 0 Å². The van der Waals surface area contributed by atoms with Crippen molar-refractivity contribution >= 4 is 10.0 Å². The van der Waals surface area contributed by atoms with E-state index in [1.165, 1.54) is 0 Å². The predicted octanol–water partition coefficient (Wildman–Crippen LogP) is 1.57. The fourth-order valence-corrected chi connectivity index (χ4v) is 3.15. The van der Waals surface area contributed by atoms with Crippen LogP contribution in [-0.4, -0.2) is 34.5 Å². The summed E-state index contributed by atoms with van der Waals surface area (Å²) in [5.41, 5.74) is 1.90. The largest absolute Gasteiger partial charge is 0.353 e. The highest BCUT2D eigenvalue weighted by Gasteiger charge is 2.16. The Hall–Kier alpha value is -0.950. The van der Waals surface area contributed by atoms with Gasteiger partial charge in [-0.3, -0.25) is 0 Å². The molecule has 0 saturated carbocycles. The summed E-state index contributed by atoms with van der Waals surface area (Å²) in [7, 11) is -3.31. The quantitative estimate of drug-likeness (QED) is 0.866. The van der Waals surface area contributed by atoms with Gasteiger partial charge in [0.25, 0.3) is 0 Å². The number of rotatable bonds is 6. The second-order valence-corrected chi connectivity index (χ2v) is 6.76. The maximum atomic E-state index is 11.9. The zero-order chi connectivity index (χ0) is 14.4. The van der Waals surface area contributed by atoms with Gasteiger partial charge < -0.3 is 9.47 Å². The van der Waals surface area contributed by atoms with Gasteiger partial charge in [-0.25, -0.2) is 13.1 Å². The first-order chi connectivity index (χ1) is 9.55. The number of hydrogen-bond acceptors (Lipinski definition) is 4. The number of hydrogen-bond donors (Lipinski definition) is 1. The third kappa shape index (κ3) is 5.20. The van der Waals surface area contributed by atoms with Crippen LogP contribution in [-0.2, 0) is 25.2 Å². The van der Waals surface area contributed by atoms with Crippen LogP contribution in [0.25, 0.3) is 0 Å². The van der Waals surface area contributed by atoms with E-state index in [0.29, 0.717) is 26.2 Å². The SMILES string of the molecule is Cc1ccc(CS(=O)(=O)NCCC2OCCCO2)cc1. The molecule has 1 fully saturated rings. The fourth-order valence-electron chi connectivity index (χ4n) is 1.99. The number of ether oxygens (including phenoxy) is 2. The minimum Gasteiger partial charge on any atom is -0.353 e. The highest BCUT2D eigenvalue weighted by Crippen LogP contribution is 2.09. The first-order valence-electron chi connectivity index (χ1n) is 6.81. The molecule has 1 saturated heterocycles. The Morgan fingerprint density at radius 1 is 1.20 bits per heavy atom. The molecule has 1 aliphatic heterocycles. The van der Waals surface area contributed by atoms with Crippen molar-refractivity contribution in [3.63, 3.8) is 0 Å². The molecule has 1 aliphatic rings. The Morgan fingerprint density at radius 3 is 2.50 bits per heavy atom. The molecule has 6 heteroatoms. The summed E-state index contributed by atoms with van der Waals surface area (Å²) >= 11 is 0. The topological polar surface area (TPSA) is 64.6 Å². The maximum absolute atomic E-state index is 11.9. The van der Waals surface area contributed by atoms with Gasteiger partial charge in [0.15, 0.2) is 6.29 Å². The molecule has 0 spiro atoms. The molecule has 0 amide bonds. The lowest BCUT2D eigenvalue weighted by Crippen LogP contribution is -2.32. The van der Waals surface area contributed by atoms with Crippen molar-refractivity contribution in [3.05, 3.63) is 35.4 Å². The highest BCUT2D eigenvalue weighted by atomic mass is 32.2.